The maximum absolute atomic E-state index is 12.5. The van der Waals surface area contributed by atoms with Gasteiger partial charge in [-0.05, 0) is 31.1 Å². The van der Waals surface area contributed by atoms with Crippen LogP contribution in [0.1, 0.15) is 32.6 Å². The van der Waals surface area contributed by atoms with Crippen LogP contribution in [0.5, 0.6) is 0 Å². The van der Waals surface area contributed by atoms with E-state index in [4.69, 9.17) is 4.74 Å². The lowest BCUT2D eigenvalue weighted by Gasteiger charge is -2.42. The Labute approximate surface area is 113 Å². The van der Waals surface area contributed by atoms with E-state index in [0.717, 1.165) is 32.4 Å². The van der Waals surface area contributed by atoms with Crippen molar-refractivity contribution < 1.29 is 14.3 Å². The summed E-state index contributed by atoms with van der Waals surface area (Å²) in [4.78, 5) is 25.8. The lowest BCUT2D eigenvalue weighted by molar-refractivity contribution is -0.145. The second-order valence-electron chi connectivity index (χ2n) is 6.10. The smallest absolute Gasteiger partial charge is 0.251 e. The molecule has 1 N–H and O–H groups in total. The summed E-state index contributed by atoms with van der Waals surface area (Å²) in [5.41, 5.74) is 0. The molecule has 0 saturated carbocycles. The molecule has 0 spiro atoms. The number of hydrogen-bond acceptors (Lipinski definition) is 3. The number of hydrogen-bond donors (Lipinski definition) is 1. The topological polar surface area (TPSA) is 58.6 Å². The SMILES string of the molecule is CC1CCOC1C(=O)N1CCC2NC(=O)CCC2C1. The Morgan fingerprint density at radius 2 is 2.21 bits per heavy atom. The average molecular weight is 266 g/mol. The first-order valence-electron chi connectivity index (χ1n) is 7.35. The summed E-state index contributed by atoms with van der Waals surface area (Å²) in [5, 5.41) is 3.05. The van der Waals surface area contributed by atoms with Gasteiger partial charge in [-0.2, -0.15) is 0 Å². The van der Waals surface area contributed by atoms with Gasteiger partial charge in [0.15, 0.2) is 0 Å². The lowest BCUT2D eigenvalue weighted by Crippen LogP contribution is -2.56. The van der Waals surface area contributed by atoms with Crippen molar-refractivity contribution in [3.8, 4) is 0 Å². The first-order valence-corrected chi connectivity index (χ1v) is 7.35. The first-order chi connectivity index (χ1) is 9.15. The zero-order valence-corrected chi connectivity index (χ0v) is 11.4. The van der Waals surface area contributed by atoms with Gasteiger partial charge in [-0.3, -0.25) is 9.59 Å². The van der Waals surface area contributed by atoms with Crippen molar-refractivity contribution in [1.82, 2.24) is 10.2 Å². The van der Waals surface area contributed by atoms with E-state index in [-0.39, 0.29) is 24.0 Å². The molecule has 2 amide bonds. The van der Waals surface area contributed by atoms with Crippen LogP contribution in [0.3, 0.4) is 0 Å². The predicted octanol–water partition coefficient (Wildman–Crippen LogP) is 0.539. The summed E-state index contributed by atoms with van der Waals surface area (Å²) in [6.45, 7) is 4.31. The molecular formula is C14H22N2O3. The molecule has 0 bridgehead atoms. The summed E-state index contributed by atoms with van der Waals surface area (Å²) in [7, 11) is 0. The van der Waals surface area contributed by atoms with Gasteiger partial charge in [-0.15, -0.1) is 0 Å². The molecule has 3 heterocycles. The van der Waals surface area contributed by atoms with Gasteiger partial charge >= 0.3 is 0 Å². The fraction of sp³-hybridized carbons (Fsp3) is 0.857. The Morgan fingerprint density at radius 1 is 1.37 bits per heavy atom. The number of likely N-dealkylation sites (tertiary alicyclic amines) is 1. The maximum atomic E-state index is 12.5. The Bertz CT molecular complexity index is 385. The number of nitrogens with zero attached hydrogens (tertiary/aromatic N) is 1. The molecular weight excluding hydrogens is 244 g/mol. The molecule has 3 rings (SSSR count). The molecule has 3 aliphatic rings. The minimum Gasteiger partial charge on any atom is -0.368 e. The molecule has 5 nitrogen and oxygen atoms in total. The van der Waals surface area contributed by atoms with Crippen LogP contribution in [0.2, 0.25) is 0 Å². The first kappa shape index (κ1) is 12.9. The van der Waals surface area contributed by atoms with Crippen LogP contribution in [0, 0.1) is 11.8 Å². The number of carbonyl (C=O) groups excluding carboxylic acids is 2. The minimum absolute atomic E-state index is 0.153. The van der Waals surface area contributed by atoms with Gasteiger partial charge in [0.05, 0.1) is 0 Å². The van der Waals surface area contributed by atoms with Gasteiger partial charge in [0.2, 0.25) is 5.91 Å². The largest absolute Gasteiger partial charge is 0.368 e. The molecule has 3 aliphatic heterocycles. The summed E-state index contributed by atoms with van der Waals surface area (Å²) < 4.78 is 5.57. The number of nitrogens with one attached hydrogen (secondary N) is 1. The van der Waals surface area contributed by atoms with Crippen LogP contribution >= 0.6 is 0 Å². The summed E-state index contributed by atoms with van der Waals surface area (Å²) in [5.74, 6) is 1.07. The number of piperidine rings is 2. The van der Waals surface area contributed by atoms with Gasteiger partial charge in [0, 0.05) is 32.2 Å². The molecule has 4 atom stereocenters. The van der Waals surface area contributed by atoms with Crippen molar-refractivity contribution in [3.63, 3.8) is 0 Å². The highest BCUT2D eigenvalue weighted by atomic mass is 16.5. The van der Waals surface area contributed by atoms with Crippen LogP contribution in [0.15, 0.2) is 0 Å². The molecule has 0 radical (unpaired) electrons. The fourth-order valence-corrected chi connectivity index (χ4v) is 3.50. The van der Waals surface area contributed by atoms with Gasteiger partial charge in [0.25, 0.3) is 5.91 Å². The van der Waals surface area contributed by atoms with E-state index < -0.39 is 0 Å². The van der Waals surface area contributed by atoms with E-state index in [0.29, 0.717) is 24.9 Å². The Hall–Kier alpha value is -1.10. The number of rotatable bonds is 1. The molecule has 106 valence electrons. The third-order valence-corrected chi connectivity index (χ3v) is 4.77. The zero-order chi connectivity index (χ0) is 13.4. The van der Waals surface area contributed by atoms with Crippen molar-refractivity contribution in [1.29, 1.82) is 0 Å². The molecule has 19 heavy (non-hydrogen) atoms. The van der Waals surface area contributed by atoms with E-state index in [1.165, 1.54) is 0 Å². The van der Waals surface area contributed by atoms with Crippen molar-refractivity contribution >= 4 is 11.8 Å². The van der Waals surface area contributed by atoms with E-state index in [9.17, 15) is 9.59 Å². The van der Waals surface area contributed by atoms with Crippen molar-refractivity contribution in [2.75, 3.05) is 19.7 Å². The maximum Gasteiger partial charge on any atom is 0.251 e. The minimum atomic E-state index is -0.241. The van der Waals surface area contributed by atoms with Crippen LogP contribution in [-0.2, 0) is 14.3 Å². The highest BCUT2D eigenvalue weighted by molar-refractivity contribution is 5.82. The third kappa shape index (κ3) is 2.48. The molecule has 3 fully saturated rings. The van der Waals surface area contributed by atoms with E-state index in [2.05, 4.69) is 12.2 Å². The molecule has 0 aliphatic carbocycles. The molecule has 5 heteroatoms. The molecule has 3 saturated heterocycles. The number of amides is 2. The van der Waals surface area contributed by atoms with Gasteiger partial charge in [0.1, 0.15) is 6.10 Å². The summed E-state index contributed by atoms with van der Waals surface area (Å²) >= 11 is 0. The molecule has 0 aromatic heterocycles. The average Bonchev–Trinajstić information content (AvgIpc) is 2.83. The van der Waals surface area contributed by atoms with Crippen LogP contribution in [0.25, 0.3) is 0 Å². The van der Waals surface area contributed by atoms with Crippen molar-refractivity contribution in [3.05, 3.63) is 0 Å². The number of fused-ring (bicyclic) bond motifs is 1. The van der Waals surface area contributed by atoms with Crippen LogP contribution in [-0.4, -0.2) is 48.6 Å². The number of carbonyl (C=O) groups is 2. The highest BCUT2D eigenvalue weighted by Gasteiger charge is 2.39. The predicted molar refractivity (Wildman–Crippen MR) is 69.4 cm³/mol. The lowest BCUT2D eigenvalue weighted by atomic mass is 9.85. The summed E-state index contributed by atoms with van der Waals surface area (Å²) in [6, 6.07) is 0.271. The van der Waals surface area contributed by atoms with E-state index in [1.807, 2.05) is 4.90 Å². The van der Waals surface area contributed by atoms with Gasteiger partial charge in [-0.25, -0.2) is 0 Å². The quantitative estimate of drug-likeness (QED) is 0.753. The zero-order valence-electron chi connectivity index (χ0n) is 11.4. The Morgan fingerprint density at radius 3 is 2.95 bits per heavy atom. The van der Waals surface area contributed by atoms with E-state index in [1.54, 1.807) is 0 Å². The number of ether oxygens (including phenoxy) is 1. The second kappa shape index (κ2) is 5.12. The van der Waals surface area contributed by atoms with Crippen molar-refractivity contribution in [2.45, 2.75) is 44.8 Å². The highest BCUT2D eigenvalue weighted by Crippen LogP contribution is 2.28. The van der Waals surface area contributed by atoms with E-state index >= 15 is 0 Å². The third-order valence-electron chi connectivity index (χ3n) is 4.77. The molecule has 4 unspecified atom stereocenters. The normalized spacial score (nSPS) is 38.8. The van der Waals surface area contributed by atoms with Crippen LogP contribution in [0.4, 0.5) is 0 Å². The monoisotopic (exact) mass is 266 g/mol. The van der Waals surface area contributed by atoms with Crippen LogP contribution < -0.4 is 5.32 Å². The van der Waals surface area contributed by atoms with Gasteiger partial charge in [-0.1, -0.05) is 6.92 Å². The molecule has 0 aromatic rings. The van der Waals surface area contributed by atoms with Crippen molar-refractivity contribution in [2.24, 2.45) is 11.8 Å². The fourth-order valence-electron chi connectivity index (χ4n) is 3.50. The molecule has 0 aromatic carbocycles. The Kier molecular flexibility index (Phi) is 3.48. The summed E-state index contributed by atoms with van der Waals surface area (Å²) in [6.07, 6.45) is 3.12. The Balaban J connectivity index is 1.61. The second-order valence-corrected chi connectivity index (χ2v) is 6.10. The standard InChI is InChI=1S/C14H22N2O3/c1-9-5-7-19-13(9)14(18)16-6-4-11-10(8-16)2-3-12(17)15-11/h9-11,13H,2-8H2,1H3,(H,15,17). The van der Waals surface area contributed by atoms with Gasteiger partial charge < -0.3 is 15.0 Å².